The lowest BCUT2D eigenvalue weighted by Crippen LogP contribution is -2.47. The second-order valence-electron chi connectivity index (χ2n) is 6.51. The third-order valence-corrected chi connectivity index (χ3v) is 6.89. The van der Waals surface area contributed by atoms with Crippen LogP contribution in [0.25, 0.3) is 0 Å². The molecule has 1 aromatic rings. The SMILES string of the molecule is CNC(=O)CS(=O)(=O)C1CCN(C(=O)NCc2ccc(OC)c(OC)c2)CC1. The number of carbonyl (C=O) groups is 2. The third kappa shape index (κ3) is 5.51. The first-order valence-electron chi connectivity index (χ1n) is 8.96. The maximum absolute atomic E-state index is 12.4. The monoisotopic (exact) mass is 413 g/mol. The molecule has 0 saturated carbocycles. The fourth-order valence-electron chi connectivity index (χ4n) is 3.07. The summed E-state index contributed by atoms with van der Waals surface area (Å²) in [5.74, 6) is 0.156. The number of sulfone groups is 1. The third-order valence-electron chi connectivity index (χ3n) is 4.74. The molecule has 2 rings (SSSR count). The number of amides is 3. The van der Waals surface area contributed by atoms with E-state index < -0.39 is 26.7 Å². The predicted molar refractivity (Wildman–Crippen MR) is 104 cm³/mol. The first kappa shape index (κ1) is 21.8. The molecule has 0 aliphatic carbocycles. The van der Waals surface area contributed by atoms with Gasteiger partial charge >= 0.3 is 6.03 Å². The summed E-state index contributed by atoms with van der Waals surface area (Å²) in [5, 5.41) is 4.56. The minimum Gasteiger partial charge on any atom is -0.493 e. The second kappa shape index (κ2) is 9.63. The lowest BCUT2D eigenvalue weighted by atomic mass is 10.1. The number of rotatable bonds is 7. The highest BCUT2D eigenvalue weighted by Gasteiger charge is 2.32. The van der Waals surface area contributed by atoms with Gasteiger partial charge in [-0.15, -0.1) is 0 Å². The van der Waals surface area contributed by atoms with E-state index in [9.17, 15) is 18.0 Å². The van der Waals surface area contributed by atoms with Crippen molar-refractivity contribution in [3.05, 3.63) is 23.8 Å². The van der Waals surface area contributed by atoms with Crippen LogP contribution in [0.1, 0.15) is 18.4 Å². The summed E-state index contributed by atoms with van der Waals surface area (Å²) in [6, 6.07) is 5.14. The molecule has 1 heterocycles. The minimum atomic E-state index is -3.51. The number of nitrogens with zero attached hydrogens (tertiary/aromatic N) is 1. The molecule has 1 aliphatic rings. The highest BCUT2D eigenvalue weighted by Crippen LogP contribution is 2.27. The van der Waals surface area contributed by atoms with Gasteiger partial charge in [0.15, 0.2) is 21.3 Å². The molecule has 1 saturated heterocycles. The quantitative estimate of drug-likeness (QED) is 0.674. The number of carbonyl (C=O) groups excluding carboxylic acids is 2. The van der Waals surface area contributed by atoms with E-state index in [1.165, 1.54) is 7.05 Å². The molecule has 10 heteroatoms. The first-order valence-corrected chi connectivity index (χ1v) is 10.7. The van der Waals surface area contributed by atoms with E-state index >= 15 is 0 Å². The Balaban J connectivity index is 1.86. The van der Waals surface area contributed by atoms with Gasteiger partial charge in [-0.1, -0.05) is 6.07 Å². The van der Waals surface area contributed by atoms with Gasteiger partial charge in [-0.25, -0.2) is 13.2 Å². The molecule has 9 nitrogen and oxygen atoms in total. The van der Waals surface area contributed by atoms with Crippen molar-refractivity contribution in [3.63, 3.8) is 0 Å². The molecule has 28 heavy (non-hydrogen) atoms. The van der Waals surface area contributed by atoms with Crippen LogP contribution >= 0.6 is 0 Å². The van der Waals surface area contributed by atoms with Crippen LogP contribution in [0.2, 0.25) is 0 Å². The Morgan fingerprint density at radius 3 is 2.36 bits per heavy atom. The Kier molecular flexibility index (Phi) is 7.50. The fraction of sp³-hybridized carbons (Fsp3) is 0.556. The van der Waals surface area contributed by atoms with Crippen LogP contribution in [0.15, 0.2) is 18.2 Å². The van der Waals surface area contributed by atoms with E-state index in [1.54, 1.807) is 31.3 Å². The largest absolute Gasteiger partial charge is 0.493 e. The summed E-state index contributed by atoms with van der Waals surface area (Å²) in [4.78, 5) is 25.3. The number of hydrogen-bond acceptors (Lipinski definition) is 6. The van der Waals surface area contributed by atoms with E-state index in [1.807, 2.05) is 6.07 Å². The highest BCUT2D eigenvalue weighted by molar-refractivity contribution is 7.92. The average Bonchev–Trinajstić information content (AvgIpc) is 2.71. The molecular formula is C18H27N3O6S. The number of benzene rings is 1. The molecule has 0 spiro atoms. The van der Waals surface area contributed by atoms with Gasteiger partial charge in [0.25, 0.3) is 0 Å². The number of piperidine rings is 1. The molecular weight excluding hydrogens is 386 g/mol. The Hall–Kier alpha value is -2.49. The van der Waals surface area contributed by atoms with Gasteiger partial charge in [-0.3, -0.25) is 4.79 Å². The van der Waals surface area contributed by atoms with Crippen molar-refractivity contribution in [1.82, 2.24) is 15.5 Å². The molecule has 0 bridgehead atoms. The predicted octanol–water partition coefficient (Wildman–Crippen LogP) is 0.539. The molecule has 0 radical (unpaired) electrons. The van der Waals surface area contributed by atoms with Crippen molar-refractivity contribution >= 4 is 21.8 Å². The Morgan fingerprint density at radius 1 is 1.14 bits per heavy atom. The van der Waals surface area contributed by atoms with Crippen molar-refractivity contribution in [1.29, 1.82) is 0 Å². The first-order chi connectivity index (χ1) is 13.3. The van der Waals surface area contributed by atoms with Crippen molar-refractivity contribution in [3.8, 4) is 11.5 Å². The van der Waals surface area contributed by atoms with E-state index in [2.05, 4.69) is 10.6 Å². The number of hydrogen-bond donors (Lipinski definition) is 2. The molecule has 1 fully saturated rings. The zero-order valence-electron chi connectivity index (χ0n) is 16.4. The summed E-state index contributed by atoms with van der Waals surface area (Å²) in [6.07, 6.45) is 0.645. The lowest BCUT2D eigenvalue weighted by molar-refractivity contribution is -0.118. The van der Waals surface area contributed by atoms with Crippen LogP contribution in [-0.2, 0) is 21.2 Å². The zero-order valence-corrected chi connectivity index (χ0v) is 17.2. The van der Waals surface area contributed by atoms with Crippen LogP contribution in [0.3, 0.4) is 0 Å². The number of ether oxygens (including phenoxy) is 2. The van der Waals surface area contributed by atoms with Gasteiger partial charge in [-0.2, -0.15) is 0 Å². The summed E-state index contributed by atoms with van der Waals surface area (Å²) < 4.78 is 34.9. The summed E-state index contributed by atoms with van der Waals surface area (Å²) in [7, 11) is 0.994. The van der Waals surface area contributed by atoms with E-state index in [4.69, 9.17) is 9.47 Å². The van der Waals surface area contributed by atoms with Crippen molar-refractivity contribution in [2.45, 2.75) is 24.6 Å². The number of nitrogens with one attached hydrogen (secondary N) is 2. The van der Waals surface area contributed by atoms with Crippen LogP contribution in [0.4, 0.5) is 4.79 Å². The summed E-state index contributed by atoms with van der Waals surface area (Å²) >= 11 is 0. The van der Waals surface area contributed by atoms with Crippen LogP contribution in [0.5, 0.6) is 11.5 Å². The van der Waals surface area contributed by atoms with E-state index in [0.29, 0.717) is 44.0 Å². The molecule has 1 aliphatic heterocycles. The Morgan fingerprint density at radius 2 is 1.79 bits per heavy atom. The standard InChI is InChI=1S/C18H27N3O6S/c1-19-17(22)12-28(24,25)14-6-8-21(9-7-14)18(23)20-11-13-4-5-15(26-2)16(10-13)27-3/h4-5,10,14H,6-9,11-12H2,1-3H3,(H,19,22)(H,20,23). The maximum Gasteiger partial charge on any atom is 0.317 e. The summed E-state index contributed by atoms with van der Waals surface area (Å²) in [6.45, 7) is 0.971. The van der Waals surface area contributed by atoms with Gasteiger partial charge in [0, 0.05) is 26.7 Å². The molecule has 156 valence electrons. The molecule has 3 amide bonds. The topological polar surface area (TPSA) is 114 Å². The molecule has 0 unspecified atom stereocenters. The molecule has 1 aromatic carbocycles. The smallest absolute Gasteiger partial charge is 0.317 e. The minimum absolute atomic E-state index is 0.253. The fourth-order valence-corrected chi connectivity index (χ4v) is 4.75. The van der Waals surface area contributed by atoms with Crippen LogP contribution in [-0.4, -0.2) is 70.6 Å². The van der Waals surface area contributed by atoms with Gasteiger partial charge in [-0.05, 0) is 30.5 Å². The van der Waals surface area contributed by atoms with Crippen molar-refractivity contribution in [2.24, 2.45) is 0 Å². The molecule has 2 N–H and O–H groups in total. The second-order valence-corrected chi connectivity index (χ2v) is 8.80. The molecule has 0 atom stereocenters. The molecule has 0 aromatic heterocycles. The highest BCUT2D eigenvalue weighted by atomic mass is 32.2. The van der Waals surface area contributed by atoms with Gasteiger partial charge in [0.2, 0.25) is 5.91 Å². The number of likely N-dealkylation sites (tertiary alicyclic amines) is 1. The Bertz CT molecular complexity index is 804. The number of urea groups is 1. The van der Waals surface area contributed by atoms with Crippen LogP contribution in [0, 0.1) is 0 Å². The van der Waals surface area contributed by atoms with E-state index in [-0.39, 0.29) is 6.03 Å². The van der Waals surface area contributed by atoms with Crippen molar-refractivity contribution < 1.29 is 27.5 Å². The Labute approximate surface area is 165 Å². The van der Waals surface area contributed by atoms with Gasteiger partial charge in [0.05, 0.1) is 19.5 Å². The zero-order chi connectivity index (χ0) is 20.7. The number of methoxy groups -OCH3 is 2. The van der Waals surface area contributed by atoms with Crippen molar-refractivity contribution in [2.75, 3.05) is 40.1 Å². The van der Waals surface area contributed by atoms with Gasteiger partial charge < -0.3 is 25.0 Å². The normalized spacial score (nSPS) is 15.0. The summed E-state index contributed by atoms with van der Waals surface area (Å²) in [5.41, 5.74) is 0.856. The van der Waals surface area contributed by atoms with Gasteiger partial charge in [0.1, 0.15) is 5.75 Å². The lowest BCUT2D eigenvalue weighted by Gasteiger charge is -2.31. The van der Waals surface area contributed by atoms with Crippen LogP contribution < -0.4 is 20.1 Å². The average molecular weight is 413 g/mol. The maximum atomic E-state index is 12.4. The van der Waals surface area contributed by atoms with E-state index in [0.717, 1.165) is 5.56 Å².